The fraction of sp³-hybridized carbons (Fsp3) is 0.353. The molecular formula is C17H21NO. The summed E-state index contributed by atoms with van der Waals surface area (Å²) in [7, 11) is 0. The molecule has 2 N–H and O–H groups in total. The second-order valence-electron chi connectivity index (χ2n) is 5.21. The summed E-state index contributed by atoms with van der Waals surface area (Å²) in [6.45, 7) is 2.85. The van der Waals surface area contributed by atoms with Crippen LogP contribution in [0.2, 0.25) is 0 Å². The SMILES string of the molecule is CC(CCN)CCC(=O)c1ccc2ccccc2c1. The summed E-state index contributed by atoms with van der Waals surface area (Å²) >= 11 is 0. The number of Topliss-reactive ketones (excluding diaryl/α,β-unsaturated/α-hetero) is 1. The molecule has 0 radical (unpaired) electrons. The molecule has 0 bridgehead atoms. The quantitative estimate of drug-likeness (QED) is 0.798. The molecule has 0 amide bonds. The maximum atomic E-state index is 12.2. The first kappa shape index (κ1) is 13.8. The minimum absolute atomic E-state index is 0.231. The highest BCUT2D eigenvalue weighted by atomic mass is 16.1. The van der Waals surface area contributed by atoms with Gasteiger partial charge in [-0.1, -0.05) is 43.3 Å². The maximum absolute atomic E-state index is 12.2. The van der Waals surface area contributed by atoms with Gasteiger partial charge >= 0.3 is 0 Å². The first-order valence-corrected chi connectivity index (χ1v) is 6.93. The molecular weight excluding hydrogens is 234 g/mol. The first-order valence-electron chi connectivity index (χ1n) is 6.93. The molecule has 0 aliphatic rings. The van der Waals surface area contributed by atoms with Gasteiger partial charge in [-0.2, -0.15) is 0 Å². The third-order valence-corrected chi connectivity index (χ3v) is 3.60. The molecule has 0 saturated carbocycles. The van der Waals surface area contributed by atoms with E-state index >= 15 is 0 Å². The van der Waals surface area contributed by atoms with Crippen LogP contribution in [-0.4, -0.2) is 12.3 Å². The van der Waals surface area contributed by atoms with Crippen LogP contribution in [-0.2, 0) is 0 Å². The molecule has 0 fully saturated rings. The predicted molar refractivity (Wildman–Crippen MR) is 80.3 cm³/mol. The van der Waals surface area contributed by atoms with Crippen molar-refractivity contribution in [2.24, 2.45) is 11.7 Å². The minimum atomic E-state index is 0.231. The number of carbonyl (C=O) groups is 1. The van der Waals surface area contributed by atoms with Crippen LogP contribution in [0.4, 0.5) is 0 Å². The van der Waals surface area contributed by atoms with Crippen LogP contribution in [0.15, 0.2) is 42.5 Å². The smallest absolute Gasteiger partial charge is 0.162 e. The van der Waals surface area contributed by atoms with E-state index in [-0.39, 0.29) is 5.78 Å². The van der Waals surface area contributed by atoms with E-state index in [1.54, 1.807) is 0 Å². The van der Waals surface area contributed by atoms with Crippen molar-refractivity contribution in [1.29, 1.82) is 0 Å². The summed E-state index contributed by atoms with van der Waals surface area (Å²) in [4.78, 5) is 12.2. The van der Waals surface area contributed by atoms with E-state index in [1.165, 1.54) is 5.39 Å². The molecule has 2 rings (SSSR count). The second kappa shape index (κ2) is 6.48. The van der Waals surface area contributed by atoms with Gasteiger partial charge in [0.2, 0.25) is 0 Å². The Bertz CT molecular complexity index is 562. The highest BCUT2D eigenvalue weighted by molar-refractivity contribution is 5.99. The largest absolute Gasteiger partial charge is 0.330 e. The molecule has 19 heavy (non-hydrogen) atoms. The van der Waals surface area contributed by atoms with Crippen LogP contribution in [0.1, 0.15) is 36.5 Å². The van der Waals surface area contributed by atoms with Gasteiger partial charge in [-0.05, 0) is 42.1 Å². The number of fused-ring (bicyclic) bond motifs is 1. The summed E-state index contributed by atoms with van der Waals surface area (Å²) in [6.07, 6.45) is 2.52. The van der Waals surface area contributed by atoms with E-state index in [2.05, 4.69) is 13.0 Å². The van der Waals surface area contributed by atoms with Crippen LogP contribution in [0.5, 0.6) is 0 Å². The lowest BCUT2D eigenvalue weighted by atomic mass is 9.96. The first-order chi connectivity index (χ1) is 9.20. The van der Waals surface area contributed by atoms with Crippen molar-refractivity contribution in [3.63, 3.8) is 0 Å². The molecule has 1 unspecified atom stereocenters. The van der Waals surface area contributed by atoms with Crippen LogP contribution in [0, 0.1) is 5.92 Å². The van der Waals surface area contributed by atoms with Crippen molar-refractivity contribution in [2.75, 3.05) is 6.54 Å². The lowest BCUT2D eigenvalue weighted by molar-refractivity contribution is 0.0974. The van der Waals surface area contributed by atoms with Crippen molar-refractivity contribution in [3.8, 4) is 0 Å². The van der Waals surface area contributed by atoms with Gasteiger partial charge in [-0.25, -0.2) is 0 Å². The average molecular weight is 255 g/mol. The Morgan fingerprint density at radius 1 is 1.11 bits per heavy atom. The van der Waals surface area contributed by atoms with Crippen molar-refractivity contribution < 1.29 is 4.79 Å². The molecule has 1 atom stereocenters. The number of hydrogen-bond donors (Lipinski definition) is 1. The Labute approximate surface area is 114 Å². The van der Waals surface area contributed by atoms with Crippen LogP contribution < -0.4 is 5.73 Å². The molecule has 0 aliphatic carbocycles. The van der Waals surface area contributed by atoms with Gasteiger partial charge in [0.1, 0.15) is 0 Å². The minimum Gasteiger partial charge on any atom is -0.330 e. The number of carbonyl (C=O) groups excluding carboxylic acids is 1. The molecule has 2 aromatic rings. The van der Waals surface area contributed by atoms with E-state index in [0.717, 1.165) is 23.8 Å². The fourth-order valence-corrected chi connectivity index (χ4v) is 2.31. The molecule has 100 valence electrons. The summed E-state index contributed by atoms with van der Waals surface area (Å²) in [5, 5.41) is 2.30. The Kier molecular flexibility index (Phi) is 4.69. The zero-order valence-electron chi connectivity index (χ0n) is 11.4. The van der Waals surface area contributed by atoms with Gasteiger partial charge < -0.3 is 5.73 Å². The van der Waals surface area contributed by atoms with E-state index in [4.69, 9.17) is 5.73 Å². The Morgan fingerprint density at radius 2 is 1.84 bits per heavy atom. The number of nitrogens with two attached hydrogens (primary N) is 1. The molecule has 0 aromatic heterocycles. The van der Waals surface area contributed by atoms with Gasteiger partial charge in [0, 0.05) is 12.0 Å². The Morgan fingerprint density at radius 3 is 2.58 bits per heavy atom. The molecule has 2 heteroatoms. The number of rotatable bonds is 6. The predicted octanol–water partition coefficient (Wildman–Crippen LogP) is 3.79. The highest BCUT2D eigenvalue weighted by Gasteiger charge is 2.09. The van der Waals surface area contributed by atoms with Gasteiger partial charge in [-0.15, -0.1) is 0 Å². The Balaban J connectivity index is 2.05. The molecule has 2 aromatic carbocycles. The molecule has 2 nitrogen and oxygen atoms in total. The van der Waals surface area contributed by atoms with E-state index in [9.17, 15) is 4.79 Å². The molecule has 0 heterocycles. The average Bonchev–Trinajstić information content (AvgIpc) is 2.44. The monoisotopic (exact) mass is 255 g/mol. The van der Waals surface area contributed by atoms with E-state index in [1.807, 2.05) is 36.4 Å². The van der Waals surface area contributed by atoms with Crippen LogP contribution in [0.25, 0.3) is 10.8 Å². The Hall–Kier alpha value is -1.67. The van der Waals surface area contributed by atoms with Crippen LogP contribution in [0.3, 0.4) is 0 Å². The normalized spacial score (nSPS) is 12.5. The summed E-state index contributed by atoms with van der Waals surface area (Å²) in [5.74, 6) is 0.754. The summed E-state index contributed by atoms with van der Waals surface area (Å²) in [5.41, 5.74) is 6.34. The van der Waals surface area contributed by atoms with Crippen molar-refractivity contribution >= 4 is 16.6 Å². The number of benzene rings is 2. The molecule has 0 spiro atoms. The number of hydrogen-bond acceptors (Lipinski definition) is 2. The lowest BCUT2D eigenvalue weighted by Gasteiger charge is -2.09. The van der Waals surface area contributed by atoms with Gasteiger partial charge in [0.05, 0.1) is 0 Å². The summed E-state index contributed by atoms with van der Waals surface area (Å²) < 4.78 is 0. The number of ketones is 1. The summed E-state index contributed by atoms with van der Waals surface area (Å²) in [6, 6.07) is 14.1. The van der Waals surface area contributed by atoms with Crippen molar-refractivity contribution in [3.05, 3.63) is 48.0 Å². The van der Waals surface area contributed by atoms with Crippen LogP contribution >= 0.6 is 0 Å². The van der Waals surface area contributed by atoms with Gasteiger partial charge in [0.15, 0.2) is 5.78 Å². The topological polar surface area (TPSA) is 43.1 Å². The zero-order valence-corrected chi connectivity index (χ0v) is 11.4. The zero-order chi connectivity index (χ0) is 13.7. The third-order valence-electron chi connectivity index (χ3n) is 3.60. The maximum Gasteiger partial charge on any atom is 0.162 e. The second-order valence-corrected chi connectivity index (χ2v) is 5.21. The van der Waals surface area contributed by atoms with E-state index in [0.29, 0.717) is 18.9 Å². The highest BCUT2D eigenvalue weighted by Crippen LogP contribution is 2.18. The third kappa shape index (κ3) is 3.65. The van der Waals surface area contributed by atoms with Gasteiger partial charge in [-0.3, -0.25) is 4.79 Å². The van der Waals surface area contributed by atoms with Crippen molar-refractivity contribution in [2.45, 2.75) is 26.2 Å². The molecule has 0 aliphatic heterocycles. The van der Waals surface area contributed by atoms with E-state index < -0.39 is 0 Å². The standard InChI is InChI=1S/C17H21NO/c1-13(10-11-18)6-9-17(19)16-8-7-14-4-2-3-5-15(14)12-16/h2-5,7-8,12-13H,6,9-11,18H2,1H3. The fourth-order valence-electron chi connectivity index (χ4n) is 2.31. The molecule has 0 saturated heterocycles. The lowest BCUT2D eigenvalue weighted by Crippen LogP contribution is -2.08. The van der Waals surface area contributed by atoms with Crippen molar-refractivity contribution in [1.82, 2.24) is 0 Å². The van der Waals surface area contributed by atoms with Gasteiger partial charge in [0.25, 0.3) is 0 Å².